The van der Waals surface area contributed by atoms with Crippen molar-refractivity contribution >= 4 is 28.9 Å². The first-order valence-corrected chi connectivity index (χ1v) is 6.78. The lowest BCUT2D eigenvalue weighted by Gasteiger charge is -2.03. The number of halogens is 1. The molecule has 0 unspecified atom stereocenters. The number of hydrogen-bond acceptors (Lipinski definition) is 8. The Morgan fingerprint density at radius 3 is 2.88 bits per heavy atom. The summed E-state index contributed by atoms with van der Waals surface area (Å²) in [7, 11) is 0. The molecule has 1 aromatic carbocycles. The minimum Gasteiger partial charge on any atom is -0.328 e. The Labute approximate surface area is 138 Å². The van der Waals surface area contributed by atoms with Crippen molar-refractivity contribution < 1.29 is 14.2 Å². The number of nitro groups is 1. The second-order valence-corrected chi connectivity index (χ2v) is 4.82. The molecule has 24 heavy (non-hydrogen) atoms. The maximum absolute atomic E-state index is 12.1. The first-order valence-electron chi connectivity index (χ1n) is 6.40. The smallest absolute Gasteiger partial charge is 0.316 e. The topological polar surface area (TPSA) is 137 Å². The molecule has 2 aromatic heterocycles. The summed E-state index contributed by atoms with van der Waals surface area (Å²) in [6.07, 6.45) is 4.30. The van der Waals surface area contributed by atoms with Crippen LogP contribution in [0.25, 0.3) is 11.5 Å². The molecule has 0 aliphatic carbocycles. The van der Waals surface area contributed by atoms with E-state index >= 15 is 0 Å². The first kappa shape index (κ1) is 15.5. The van der Waals surface area contributed by atoms with Gasteiger partial charge < -0.3 is 9.84 Å². The molecule has 0 saturated heterocycles. The zero-order valence-corrected chi connectivity index (χ0v) is 12.5. The molecular formula is C13H7ClN6O4. The van der Waals surface area contributed by atoms with E-state index < -0.39 is 10.8 Å². The molecule has 0 bridgehead atoms. The maximum atomic E-state index is 12.1. The van der Waals surface area contributed by atoms with Crippen LogP contribution < -0.4 is 5.32 Å². The highest BCUT2D eigenvalue weighted by atomic mass is 35.5. The van der Waals surface area contributed by atoms with E-state index in [-0.39, 0.29) is 28.1 Å². The normalized spacial score (nSPS) is 10.4. The van der Waals surface area contributed by atoms with E-state index in [2.05, 4.69) is 25.4 Å². The van der Waals surface area contributed by atoms with Crippen molar-refractivity contribution in [3.63, 3.8) is 0 Å². The van der Waals surface area contributed by atoms with Crippen LogP contribution in [0.4, 0.5) is 11.4 Å². The fraction of sp³-hybridized carbons (Fsp3) is 0. The molecule has 0 aliphatic heterocycles. The summed E-state index contributed by atoms with van der Waals surface area (Å²) < 4.78 is 4.84. The predicted molar refractivity (Wildman–Crippen MR) is 81.4 cm³/mol. The first-order chi connectivity index (χ1) is 11.5. The Balaban J connectivity index is 1.85. The average Bonchev–Trinajstić information content (AvgIpc) is 3.05. The van der Waals surface area contributed by atoms with Crippen molar-refractivity contribution in [2.24, 2.45) is 0 Å². The van der Waals surface area contributed by atoms with Crippen LogP contribution in [-0.2, 0) is 0 Å². The highest BCUT2D eigenvalue weighted by Crippen LogP contribution is 2.28. The molecule has 120 valence electrons. The van der Waals surface area contributed by atoms with Crippen LogP contribution in [-0.4, -0.2) is 30.9 Å². The molecule has 11 heteroatoms. The van der Waals surface area contributed by atoms with Crippen LogP contribution in [0, 0.1) is 10.1 Å². The fourth-order valence-corrected chi connectivity index (χ4v) is 1.95. The number of nitro benzene ring substituents is 1. The number of nitrogens with zero attached hydrogens (tertiary/aromatic N) is 5. The lowest BCUT2D eigenvalue weighted by molar-refractivity contribution is -0.383. The molecule has 0 radical (unpaired) electrons. The Hall–Kier alpha value is -3.40. The Bertz CT molecular complexity index is 914. The number of benzene rings is 1. The van der Waals surface area contributed by atoms with E-state index in [1.54, 1.807) is 0 Å². The Morgan fingerprint density at radius 1 is 1.33 bits per heavy atom. The SMILES string of the molecule is O=C(Nc1cc(Cl)ccc1[N+](=O)[O-])c1nc(-c2cnccn2)no1. The molecule has 0 aliphatic rings. The molecule has 0 atom stereocenters. The van der Waals surface area contributed by atoms with Gasteiger partial charge in [0.15, 0.2) is 0 Å². The summed E-state index contributed by atoms with van der Waals surface area (Å²) in [4.78, 5) is 34.2. The molecule has 3 aromatic rings. The van der Waals surface area contributed by atoms with Crippen LogP contribution in [0.3, 0.4) is 0 Å². The van der Waals surface area contributed by atoms with Gasteiger partial charge in [-0.1, -0.05) is 16.8 Å². The summed E-state index contributed by atoms with van der Waals surface area (Å²) in [6, 6.07) is 3.77. The van der Waals surface area contributed by atoms with Gasteiger partial charge in [-0.05, 0) is 12.1 Å². The third kappa shape index (κ3) is 3.17. The number of carbonyl (C=O) groups is 1. The molecular weight excluding hydrogens is 340 g/mol. The lowest BCUT2D eigenvalue weighted by Crippen LogP contribution is -2.13. The molecule has 1 N–H and O–H groups in total. The van der Waals surface area contributed by atoms with Crippen molar-refractivity contribution in [1.82, 2.24) is 20.1 Å². The number of rotatable bonds is 4. The minimum absolute atomic E-state index is 0.0637. The quantitative estimate of drug-likeness (QED) is 0.561. The van der Waals surface area contributed by atoms with E-state index in [1.807, 2.05) is 0 Å². The summed E-state index contributed by atoms with van der Waals surface area (Å²) in [6.45, 7) is 0. The fourth-order valence-electron chi connectivity index (χ4n) is 1.78. The molecule has 3 rings (SSSR count). The van der Waals surface area contributed by atoms with Crippen molar-refractivity contribution in [2.45, 2.75) is 0 Å². The number of aromatic nitrogens is 4. The monoisotopic (exact) mass is 346 g/mol. The van der Waals surface area contributed by atoms with Gasteiger partial charge >= 0.3 is 11.8 Å². The van der Waals surface area contributed by atoms with Gasteiger partial charge in [0.25, 0.3) is 5.69 Å². The standard InChI is InChI=1S/C13H7ClN6O4/c14-7-1-2-10(20(22)23)8(5-7)17-12(21)13-18-11(19-24-13)9-6-15-3-4-16-9/h1-6H,(H,17,21). The molecule has 10 nitrogen and oxygen atoms in total. The summed E-state index contributed by atoms with van der Waals surface area (Å²) in [5.74, 6) is -1.14. The van der Waals surface area contributed by atoms with Crippen molar-refractivity contribution in [1.29, 1.82) is 0 Å². The number of anilines is 1. The third-order valence-electron chi connectivity index (χ3n) is 2.82. The number of carbonyl (C=O) groups excluding carboxylic acids is 1. The van der Waals surface area contributed by atoms with Crippen LogP contribution in [0.15, 0.2) is 41.3 Å². The van der Waals surface area contributed by atoms with Gasteiger partial charge in [-0.25, -0.2) is 4.98 Å². The Morgan fingerprint density at radius 2 is 2.17 bits per heavy atom. The largest absolute Gasteiger partial charge is 0.328 e. The zero-order valence-electron chi connectivity index (χ0n) is 11.7. The van der Waals surface area contributed by atoms with Gasteiger partial charge in [-0.2, -0.15) is 4.98 Å². The molecule has 1 amide bonds. The summed E-state index contributed by atoms with van der Waals surface area (Å²) >= 11 is 5.79. The van der Waals surface area contributed by atoms with Gasteiger partial charge in [0.2, 0.25) is 5.82 Å². The second kappa shape index (κ2) is 6.38. The minimum atomic E-state index is -0.817. The van der Waals surface area contributed by atoms with Crippen molar-refractivity contribution in [2.75, 3.05) is 5.32 Å². The Kier molecular flexibility index (Phi) is 4.12. The second-order valence-electron chi connectivity index (χ2n) is 4.39. The average molecular weight is 347 g/mol. The predicted octanol–water partition coefficient (Wildman–Crippen LogP) is 2.34. The van der Waals surface area contributed by atoms with Crippen molar-refractivity contribution in [3.8, 4) is 11.5 Å². The molecule has 0 saturated carbocycles. The molecule has 0 spiro atoms. The van der Waals surface area contributed by atoms with E-state index in [4.69, 9.17) is 16.1 Å². The van der Waals surface area contributed by atoms with Crippen LogP contribution in [0.1, 0.15) is 10.7 Å². The van der Waals surface area contributed by atoms with E-state index in [1.165, 1.54) is 36.8 Å². The van der Waals surface area contributed by atoms with Crippen LogP contribution >= 0.6 is 11.6 Å². The highest BCUT2D eigenvalue weighted by molar-refractivity contribution is 6.31. The summed E-state index contributed by atoms with van der Waals surface area (Å²) in [5.41, 5.74) is -0.0906. The number of nitrogens with one attached hydrogen (secondary N) is 1. The molecule has 0 fully saturated rings. The maximum Gasteiger partial charge on any atom is 0.316 e. The number of amides is 1. The van der Waals surface area contributed by atoms with E-state index in [9.17, 15) is 14.9 Å². The van der Waals surface area contributed by atoms with Gasteiger partial charge in [-0.3, -0.25) is 19.9 Å². The molecule has 2 heterocycles. The number of hydrogen-bond donors (Lipinski definition) is 1. The van der Waals surface area contributed by atoms with Gasteiger partial charge in [0.1, 0.15) is 11.4 Å². The third-order valence-corrected chi connectivity index (χ3v) is 3.05. The van der Waals surface area contributed by atoms with E-state index in [0.29, 0.717) is 5.69 Å². The summed E-state index contributed by atoms with van der Waals surface area (Å²) in [5, 5.41) is 17.1. The van der Waals surface area contributed by atoms with Gasteiger partial charge in [-0.15, -0.1) is 0 Å². The lowest BCUT2D eigenvalue weighted by atomic mass is 10.2. The van der Waals surface area contributed by atoms with E-state index in [0.717, 1.165) is 0 Å². The van der Waals surface area contributed by atoms with Crippen LogP contribution in [0.2, 0.25) is 5.02 Å². The highest BCUT2D eigenvalue weighted by Gasteiger charge is 2.21. The van der Waals surface area contributed by atoms with Gasteiger partial charge in [0, 0.05) is 23.5 Å². The van der Waals surface area contributed by atoms with Crippen LogP contribution in [0.5, 0.6) is 0 Å². The zero-order chi connectivity index (χ0) is 17.1. The van der Waals surface area contributed by atoms with Gasteiger partial charge in [0.05, 0.1) is 11.1 Å². The van der Waals surface area contributed by atoms with Crippen molar-refractivity contribution in [3.05, 3.63) is 57.8 Å².